The number of benzene rings is 4. The Labute approximate surface area is 174 Å². The summed E-state index contributed by atoms with van der Waals surface area (Å²) < 4.78 is 5.79. The number of rotatable bonds is 6. The van der Waals surface area contributed by atoms with Crippen LogP contribution in [0.2, 0.25) is 0 Å². The van der Waals surface area contributed by atoms with Crippen molar-refractivity contribution in [2.75, 3.05) is 5.32 Å². The number of amides is 1. The van der Waals surface area contributed by atoms with Gasteiger partial charge < -0.3 is 10.1 Å². The van der Waals surface area contributed by atoms with Crippen LogP contribution in [0.4, 0.5) is 5.69 Å². The smallest absolute Gasteiger partial charge is 0.256 e. The van der Waals surface area contributed by atoms with Gasteiger partial charge in [0.25, 0.3) is 5.91 Å². The first-order valence-corrected chi connectivity index (χ1v) is 10.1. The fourth-order valence-corrected chi connectivity index (χ4v) is 3.75. The maximum absolute atomic E-state index is 12.8. The van der Waals surface area contributed by atoms with Crippen molar-refractivity contribution in [3.63, 3.8) is 0 Å². The van der Waals surface area contributed by atoms with Crippen LogP contribution in [0.25, 0.3) is 0 Å². The number of nitrogens with one attached hydrogen (secondary N) is 1. The van der Waals surface area contributed by atoms with E-state index in [9.17, 15) is 4.79 Å². The lowest BCUT2D eigenvalue weighted by molar-refractivity contribution is 0.102. The van der Waals surface area contributed by atoms with E-state index in [1.54, 1.807) is 11.8 Å². The van der Waals surface area contributed by atoms with Gasteiger partial charge in [0.2, 0.25) is 0 Å². The van der Waals surface area contributed by atoms with Crippen LogP contribution < -0.4 is 10.1 Å². The summed E-state index contributed by atoms with van der Waals surface area (Å²) in [6, 6.07) is 34.6. The molecule has 142 valence electrons. The zero-order valence-electron chi connectivity index (χ0n) is 15.6. The zero-order valence-corrected chi connectivity index (χ0v) is 16.4. The number of hydrogen-bond donors (Lipinski definition) is 1. The van der Waals surface area contributed by atoms with Crippen molar-refractivity contribution >= 4 is 23.4 Å². The summed E-state index contributed by atoms with van der Waals surface area (Å²) in [5.74, 6) is 1.35. The van der Waals surface area contributed by atoms with Gasteiger partial charge in [-0.1, -0.05) is 60.3 Å². The van der Waals surface area contributed by atoms with Crippen LogP contribution in [-0.4, -0.2) is 5.91 Å². The van der Waals surface area contributed by atoms with Crippen molar-refractivity contribution in [3.8, 4) is 11.5 Å². The summed E-state index contributed by atoms with van der Waals surface area (Å²) in [5.41, 5.74) is 1.36. The van der Waals surface area contributed by atoms with Crippen molar-refractivity contribution in [2.45, 2.75) is 9.79 Å². The predicted octanol–water partition coefficient (Wildman–Crippen LogP) is 6.88. The van der Waals surface area contributed by atoms with Crippen LogP contribution in [0.3, 0.4) is 0 Å². The van der Waals surface area contributed by atoms with Crippen LogP contribution in [0, 0.1) is 0 Å². The van der Waals surface area contributed by atoms with E-state index < -0.39 is 0 Å². The lowest BCUT2D eigenvalue weighted by Crippen LogP contribution is -2.12. The molecule has 29 heavy (non-hydrogen) atoms. The van der Waals surface area contributed by atoms with E-state index >= 15 is 0 Å². The Morgan fingerprint density at radius 1 is 0.655 bits per heavy atom. The van der Waals surface area contributed by atoms with Gasteiger partial charge in [-0.2, -0.15) is 0 Å². The third-order valence-electron chi connectivity index (χ3n) is 4.19. The summed E-state index contributed by atoms with van der Waals surface area (Å²) in [4.78, 5) is 14.9. The third-order valence-corrected chi connectivity index (χ3v) is 5.28. The molecule has 0 aliphatic carbocycles. The third kappa shape index (κ3) is 5.06. The number of carbonyl (C=O) groups is 1. The summed E-state index contributed by atoms with van der Waals surface area (Å²) >= 11 is 1.58. The van der Waals surface area contributed by atoms with Gasteiger partial charge in [0.15, 0.2) is 0 Å². The summed E-state index contributed by atoms with van der Waals surface area (Å²) in [6.45, 7) is 0. The molecule has 0 aromatic heterocycles. The second kappa shape index (κ2) is 9.13. The molecule has 0 aliphatic rings. The number of carbonyl (C=O) groups excluding carboxylic acids is 1. The SMILES string of the molecule is O=C(Nc1ccc(Oc2ccccc2)cc1)c1ccccc1Sc1ccccc1. The Bertz CT molecular complexity index is 1080. The molecular weight excluding hydrogens is 378 g/mol. The molecule has 0 heterocycles. The second-order valence-corrected chi connectivity index (χ2v) is 7.42. The molecule has 4 rings (SSSR count). The van der Waals surface area contributed by atoms with Gasteiger partial charge in [-0.05, 0) is 60.7 Å². The average molecular weight is 397 g/mol. The standard InChI is InChI=1S/C25H19NO2S/c27-25(23-13-7-8-14-24(23)29-22-11-5-2-6-12-22)26-19-15-17-21(18-16-19)28-20-9-3-1-4-10-20/h1-18H,(H,26,27). The number of para-hydroxylation sites is 1. The Kier molecular flexibility index (Phi) is 5.93. The van der Waals surface area contributed by atoms with Crippen molar-refractivity contribution in [1.29, 1.82) is 0 Å². The maximum atomic E-state index is 12.8. The minimum Gasteiger partial charge on any atom is -0.457 e. The topological polar surface area (TPSA) is 38.3 Å². The van der Waals surface area contributed by atoms with Gasteiger partial charge in [-0.3, -0.25) is 4.79 Å². The summed E-state index contributed by atoms with van der Waals surface area (Å²) in [7, 11) is 0. The minimum absolute atomic E-state index is 0.138. The fourth-order valence-electron chi connectivity index (χ4n) is 2.79. The molecule has 0 saturated carbocycles. The highest BCUT2D eigenvalue weighted by Crippen LogP contribution is 2.31. The predicted molar refractivity (Wildman–Crippen MR) is 118 cm³/mol. The van der Waals surface area contributed by atoms with Crippen molar-refractivity contribution < 1.29 is 9.53 Å². The molecule has 0 aliphatic heterocycles. The van der Waals surface area contributed by atoms with E-state index in [0.717, 1.165) is 21.2 Å². The largest absolute Gasteiger partial charge is 0.457 e. The van der Waals surface area contributed by atoms with Crippen molar-refractivity contribution in [3.05, 3.63) is 115 Å². The maximum Gasteiger partial charge on any atom is 0.256 e. The lowest BCUT2D eigenvalue weighted by Gasteiger charge is -2.11. The first kappa shape index (κ1) is 18.8. The van der Waals surface area contributed by atoms with Gasteiger partial charge in [-0.15, -0.1) is 0 Å². The number of ether oxygens (including phenoxy) is 1. The molecule has 3 nitrogen and oxygen atoms in total. The van der Waals surface area contributed by atoms with Crippen LogP contribution in [-0.2, 0) is 0 Å². The molecule has 0 atom stereocenters. The van der Waals surface area contributed by atoms with E-state index in [0.29, 0.717) is 11.3 Å². The molecule has 4 aromatic rings. The quantitative estimate of drug-likeness (QED) is 0.385. The van der Waals surface area contributed by atoms with Crippen LogP contribution >= 0.6 is 11.8 Å². The van der Waals surface area contributed by atoms with Crippen molar-refractivity contribution in [1.82, 2.24) is 0 Å². The highest BCUT2D eigenvalue weighted by atomic mass is 32.2. The normalized spacial score (nSPS) is 10.3. The summed E-state index contributed by atoms with van der Waals surface area (Å²) in [5, 5.41) is 2.97. The van der Waals surface area contributed by atoms with Crippen LogP contribution in [0.15, 0.2) is 119 Å². The fraction of sp³-hybridized carbons (Fsp3) is 0. The molecule has 0 bridgehead atoms. The number of anilines is 1. The van der Waals surface area contributed by atoms with Crippen LogP contribution in [0.1, 0.15) is 10.4 Å². The Hall–Kier alpha value is -3.50. The van der Waals surface area contributed by atoms with Gasteiger partial charge in [-0.25, -0.2) is 0 Å². The molecule has 0 unspecified atom stereocenters. The summed E-state index contributed by atoms with van der Waals surface area (Å²) in [6.07, 6.45) is 0. The van der Waals surface area contributed by atoms with Gasteiger partial charge >= 0.3 is 0 Å². The van der Waals surface area contributed by atoms with Gasteiger partial charge in [0, 0.05) is 15.5 Å². The average Bonchev–Trinajstić information content (AvgIpc) is 2.77. The Morgan fingerprint density at radius 3 is 1.97 bits per heavy atom. The van der Waals surface area contributed by atoms with Gasteiger partial charge in [0.1, 0.15) is 11.5 Å². The second-order valence-electron chi connectivity index (χ2n) is 6.30. The molecular formula is C25H19NO2S. The first-order valence-electron chi connectivity index (χ1n) is 9.24. The monoisotopic (exact) mass is 397 g/mol. The molecule has 0 radical (unpaired) electrons. The highest BCUT2D eigenvalue weighted by Gasteiger charge is 2.12. The molecule has 4 heteroatoms. The molecule has 0 spiro atoms. The Balaban J connectivity index is 1.46. The van der Waals surface area contributed by atoms with Crippen LogP contribution in [0.5, 0.6) is 11.5 Å². The molecule has 4 aromatic carbocycles. The number of hydrogen-bond acceptors (Lipinski definition) is 3. The minimum atomic E-state index is -0.138. The van der Waals surface area contributed by atoms with Crippen molar-refractivity contribution in [2.24, 2.45) is 0 Å². The van der Waals surface area contributed by atoms with Gasteiger partial charge in [0.05, 0.1) is 5.56 Å². The molecule has 0 fully saturated rings. The molecule has 0 saturated heterocycles. The van der Waals surface area contributed by atoms with E-state index in [1.165, 1.54) is 0 Å². The Morgan fingerprint density at radius 2 is 1.24 bits per heavy atom. The van der Waals surface area contributed by atoms with E-state index in [-0.39, 0.29) is 5.91 Å². The molecule has 1 amide bonds. The molecule has 1 N–H and O–H groups in total. The van der Waals surface area contributed by atoms with E-state index in [1.807, 2.05) is 109 Å². The first-order chi connectivity index (χ1) is 14.3. The zero-order chi connectivity index (χ0) is 19.9. The van der Waals surface area contributed by atoms with E-state index in [2.05, 4.69) is 5.32 Å². The highest BCUT2D eigenvalue weighted by molar-refractivity contribution is 7.99. The van der Waals surface area contributed by atoms with E-state index in [4.69, 9.17) is 4.74 Å². The lowest BCUT2D eigenvalue weighted by atomic mass is 10.2.